The average molecular weight is 388 g/mol. The molecule has 0 unspecified atom stereocenters. The molecule has 1 aliphatic rings. The number of rotatable bonds is 5. The number of halogens is 1. The third kappa shape index (κ3) is 4.92. The van der Waals surface area contributed by atoms with Gasteiger partial charge in [0.15, 0.2) is 6.61 Å². The number of benzene rings is 2. The molecule has 1 heterocycles. The molecule has 142 valence electrons. The van der Waals surface area contributed by atoms with Crippen molar-refractivity contribution >= 4 is 34.8 Å². The minimum absolute atomic E-state index is 0.0907. The number of carbonyl (C=O) groups is 2. The van der Waals surface area contributed by atoms with Crippen molar-refractivity contribution < 1.29 is 14.3 Å². The fraction of sp³-hybridized carbons (Fsp3) is 0.300. The van der Waals surface area contributed by atoms with Crippen LogP contribution >= 0.6 is 11.6 Å². The Bertz CT molecular complexity index is 820. The van der Waals surface area contributed by atoms with Gasteiger partial charge in [0.1, 0.15) is 5.75 Å². The molecule has 1 N–H and O–H groups in total. The SMILES string of the molecule is CC(=O)N1CCN(c2ccccc2NC(=O)COc2ccccc2Cl)CC1. The summed E-state index contributed by atoms with van der Waals surface area (Å²) < 4.78 is 5.49. The molecule has 7 heteroatoms. The maximum atomic E-state index is 12.3. The predicted octanol–water partition coefficient (Wildman–Crippen LogP) is 3.03. The van der Waals surface area contributed by atoms with Crippen LogP contribution in [0.5, 0.6) is 5.75 Å². The summed E-state index contributed by atoms with van der Waals surface area (Å²) in [5, 5.41) is 3.37. The highest BCUT2D eigenvalue weighted by Gasteiger charge is 2.21. The summed E-state index contributed by atoms with van der Waals surface area (Å²) in [5.41, 5.74) is 1.66. The van der Waals surface area contributed by atoms with E-state index in [2.05, 4.69) is 10.2 Å². The average Bonchev–Trinajstić information content (AvgIpc) is 2.68. The Kier molecular flexibility index (Phi) is 6.19. The number of para-hydroxylation sites is 3. The van der Waals surface area contributed by atoms with Gasteiger partial charge < -0.3 is 19.9 Å². The first-order chi connectivity index (χ1) is 13.0. The lowest BCUT2D eigenvalue weighted by Crippen LogP contribution is -2.48. The van der Waals surface area contributed by atoms with Crippen molar-refractivity contribution in [2.24, 2.45) is 0 Å². The van der Waals surface area contributed by atoms with Crippen LogP contribution < -0.4 is 15.0 Å². The van der Waals surface area contributed by atoms with E-state index in [4.69, 9.17) is 16.3 Å². The van der Waals surface area contributed by atoms with Gasteiger partial charge in [0.25, 0.3) is 5.91 Å². The van der Waals surface area contributed by atoms with Gasteiger partial charge in [-0.05, 0) is 24.3 Å². The van der Waals surface area contributed by atoms with Gasteiger partial charge >= 0.3 is 0 Å². The minimum atomic E-state index is -0.259. The van der Waals surface area contributed by atoms with E-state index in [9.17, 15) is 9.59 Å². The third-order valence-corrected chi connectivity index (χ3v) is 4.75. The molecule has 6 nitrogen and oxygen atoms in total. The number of piperazine rings is 1. The van der Waals surface area contributed by atoms with Crippen molar-refractivity contribution in [2.75, 3.05) is 43.0 Å². The smallest absolute Gasteiger partial charge is 0.262 e. The first-order valence-electron chi connectivity index (χ1n) is 8.81. The van der Waals surface area contributed by atoms with Crippen LogP contribution in [-0.4, -0.2) is 49.5 Å². The van der Waals surface area contributed by atoms with Gasteiger partial charge in [0.05, 0.1) is 16.4 Å². The second-order valence-electron chi connectivity index (χ2n) is 6.28. The van der Waals surface area contributed by atoms with Crippen LogP contribution in [0, 0.1) is 0 Å². The molecule has 2 aromatic carbocycles. The van der Waals surface area contributed by atoms with Crippen LogP contribution in [0.25, 0.3) is 0 Å². The molecule has 0 spiro atoms. The lowest BCUT2D eigenvalue weighted by atomic mass is 10.2. The summed E-state index contributed by atoms with van der Waals surface area (Å²) in [5.74, 6) is 0.306. The van der Waals surface area contributed by atoms with E-state index >= 15 is 0 Å². The van der Waals surface area contributed by atoms with Gasteiger partial charge in [-0.3, -0.25) is 9.59 Å². The van der Waals surface area contributed by atoms with E-state index in [1.807, 2.05) is 29.2 Å². The van der Waals surface area contributed by atoms with Gasteiger partial charge in [-0.2, -0.15) is 0 Å². The zero-order valence-electron chi connectivity index (χ0n) is 15.2. The molecule has 0 radical (unpaired) electrons. The van der Waals surface area contributed by atoms with Crippen molar-refractivity contribution in [1.82, 2.24) is 4.90 Å². The molecule has 1 fully saturated rings. The Morgan fingerprint density at radius 2 is 1.70 bits per heavy atom. The van der Waals surface area contributed by atoms with E-state index < -0.39 is 0 Å². The summed E-state index contributed by atoms with van der Waals surface area (Å²) in [6, 6.07) is 14.7. The summed E-state index contributed by atoms with van der Waals surface area (Å²) in [6.45, 7) is 4.25. The quantitative estimate of drug-likeness (QED) is 0.856. The fourth-order valence-electron chi connectivity index (χ4n) is 3.01. The van der Waals surface area contributed by atoms with E-state index in [0.29, 0.717) is 23.9 Å². The summed E-state index contributed by atoms with van der Waals surface area (Å²) in [7, 11) is 0. The monoisotopic (exact) mass is 387 g/mol. The number of nitrogens with one attached hydrogen (secondary N) is 1. The third-order valence-electron chi connectivity index (χ3n) is 4.44. The Morgan fingerprint density at radius 3 is 2.41 bits per heavy atom. The van der Waals surface area contributed by atoms with Crippen LogP contribution in [-0.2, 0) is 9.59 Å². The van der Waals surface area contributed by atoms with Gasteiger partial charge in [-0.1, -0.05) is 35.9 Å². The second kappa shape index (κ2) is 8.77. The molecular formula is C20H22ClN3O3. The van der Waals surface area contributed by atoms with Crippen LogP contribution in [0.3, 0.4) is 0 Å². The van der Waals surface area contributed by atoms with Gasteiger partial charge in [0.2, 0.25) is 5.91 Å². The van der Waals surface area contributed by atoms with Crippen LogP contribution in [0.2, 0.25) is 5.02 Å². The molecule has 2 amide bonds. The van der Waals surface area contributed by atoms with Crippen LogP contribution in [0.1, 0.15) is 6.92 Å². The van der Waals surface area contributed by atoms with Crippen molar-refractivity contribution in [2.45, 2.75) is 6.92 Å². The maximum absolute atomic E-state index is 12.3. The zero-order chi connectivity index (χ0) is 19.2. The van der Waals surface area contributed by atoms with Crippen molar-refractivity contribution in [3.63, 3.8) is 0 Å². The van der Waals surface area contributed by atoms with Crippen LogP contribution in [0.15, 0.2) is 48.5 Å². The molecular weight excluding hydrogens is 366 g/mol. The lowest BCUT2D eigenvalue weighted by Gasteiger charge is -2.36. The summed E-state index contributed by atoms with van der Waals surface area (Å²) in [6.07, 6.45) is 0. The molecule has 0 saturated carbocycles. The highest BCUT2D eigenvalue weighted by Crippen LogP contribution is 2.27. The highest BCUT2D eigenvalue weighted by atomic mass is 35.5. The first-order valence-corrected chi connectivity index (χ1v) is 9.19. The molecule has 0 aromatic heterocycles. The number of anilines is 2. The number of hydrogen-bond donors (Lipinski definition) is 1. The minimum Gasteiger partial charge on any atom is -0.482 e. The molecule has 0 aliphatic carbocycles. The van der Waals surface area contributed by atoms with E-state index in [1.165, 1.54) is 0 Å². The van der Waals surface area contributed by atoms with Gasteiger partial charge in [-0.15, -0.1) is 0 Å². The topological polar surface area (TPSA) is 61.9 Å². The first kappa shape index (κ1) is 19.0. The number of carbonyl (C=O) groups excluding carboxylic acids is 2. The molecule has 0 bridgehead atoms. The molecule has 2 aromatic rings. The number of ether oxygens (including phenoxy) is 1. The second-order valence-corrected chi connectivity index (χ2v) is 6.68. The lowest BCUT2D eigenvalue weighted by molar-refractivity contribution is -0.129. The number of amides is 2. The Labute approximate surface area is 163 Å². The predicted molar refractivity (Wildman–Crippen MR) is 106 cm³/mol. The van der Waals surface area contributed by atoms with Crippen molar-refractivity contribution in [3.05, 3.63) is 53.6 Å². The molecule has 0 atom stereocenters. The van der Waals surface area contributed by atoms with Crippen LogP contribution in [0.4, 0.5) is 11.4 Å². The molecule has 1 saturated heterocycles. The van der Waals surface area contributed by atoms with Gasteiger partial charge in [0, 0.05) is 33.1 Å². The Hall–Kier alpha value is -2.73. The standard InChI is InChI=1S/C20H22ClN3O3/c1-15(25)23-10-12-24(13-11-23)18-8-4-3-7-17(18)22-20(26)14-27-19-9-5-2-6-16(19)21/h2-9H,10-14H2,1H3,(H,22,26). The van der Waals surface area contributed by atoms with Crippen molar-refractivity contribution in [3.8, 4) is 5.75 Å². The normalized spacial score (nSPS) is 14.0. The van der Waals surface area contributed by atoms with E-state index in [-0.39, 0.29) is 18.4 Å². The maximum Gasteiger partial charge on any atom is 0.262 e. The van der Waals surface area contributed by atoms with E-state index in [0.717, 1.165) is 24.5 Å². The molecule has 3 rings (SSSR count). The summed E-state index contributed by atoms with van der Waals surface area (Å²) >= 11 is 6.04. The summed E-state index contributed by atoms with van der Waals surface area (Å²) in [4.78, 5) is 27.8. The Balaban J connectivity index is 1.61. The Morgan fingerprint density at radius 1 is 1.04 bits per heavy atom. The van der Waals surface area contributed by atoms with Gasteiger partial charge in [-0.25, -0.2) is 0 Å². The largest absolute Gasteiger partial charge is 0.482 e. The highest BCUT2D eigenvalue weighted by molar-refractivity contribution is 6.32. The van der Waals surface area contributed by atoms with E-state index in [1.54, 1.807) is 31.2 Å². The number of nitrogens with zero attached hydrogens (tertiary/aromatic N) is 2. The number of hydrogen-bond acceptors (Lipinski definition) is 4. The molecule has 27 heavy (non-hydrogen) atoms. The fourth-order valence-corrected chi connectivity index (χ4v) is 3.20. The zero-order valence-corrected chi connectivity index (χ0v) is 15.9. The van der Waals surface area contributed by atoms with Crippen molar-refractivity contribution in [1.29, 1.82) is 0 Å². The molecule has 1 aliphatic heterocycles.